The molecule has 0 aliphatic heterocycles. The minimum atomic E-state index is -0.470. The van der Waals surface area contributed by atoms with Gasteiger partial charge in [-0.2, -0.15) is 0 Å². The summed E-state index contributed by atoms with van der Waals surface area (Å²) in [6.07, 6.45) is 1.87. The van der Waals surface area contributed by atoms with Crippen LogP contribution in [0.25, 0.3) is 0 Å². The number of hydrogen-bond acceptors (Lipinski definition) is 5. The van der Waals surface area contributed by atoms with Gasteiger partial charge < -0.3 is 5.11 Å². The van der Waals surface area contributed by atoms with E-state index >= 15 is 0 Å². The number of thiazole rings is 2. The second-order valence-electron chi connectivity index (χ2n) is 3.33. The average Bonchev–Trinajstić information content (AvgIpc) is 2.75. The molecule has 0 spiro atoms. The molecule has 0 radical (unpaired) electrons. The summed E-state index contributed by atoms with van der Waals surface area (Å²) in [5.74, 6) is 0. The SMILES string of the molecule is Cc1nc(C)c(C(O)Cc2nccs2)s1. The first kappa shape index (κ1) is 10.7. The maximum absolute atomic E-state index is 10.0. The highest BCUT2D eigenvalue weighted by Gasteiger charge is 2.16. The van der Waals surface area contributed by atoms with Crippen LogP contribution in [0, 0.1) is 13.8 Å². The Morgan fingerprint density at radius 2 is 2.27 bits per heavy atom. The number of aromatic nitrogens is 2. The smallest absolute Gasteiger partial charge is 0.0964 e. The van der Waals surface area contributed by atoms with Crippen molar-refractivity contribution in [2.24, 2.45) is 0 Å². The molecule has 0 aromatic carbocycles. The van der Waals surface area contributed by atoms with Crippen LogP contribution in [-0.2, 0) is 6.42 Å². The largest absolute Gasteiger partial charge is 0.387 e. The Morgan fingerprint density at radius 3 is 2.80 bits per heavy atom. The van der Waals surface area contributed by atoms with Gasteiger partial charge in [0.15, 0.2) is 0 Å². The zero-order valence-corrected chi connectivity index (χ0v) is 10.2. The molecule has 3 nitrogen and oxygen atoms in total. The van der Waals surface area contributed by atoms with E-state index in [1.807, 2.05) is 19.2 Å². The number of aliphatic hydroxyl groups excluding tert-OH is 1. The highest BCUT2D eigenvalue weighted by molar-refractivity contribution is 7.11. The molecule has 0 fully saturated rings. The minimum absolute atomic E-state index is 0.470. The first-order chi connectivity index (χ1) is 7.16. The van der Waals surface area contributed by atoms with Crippen LogP contribution in [0.4, 0.5) is 0 Å². The van der Waals surface area contributed by atoms with E-state index in [1.54, 1.807) is 28.9 Å². The molecule has 15 heavy (non-hydrogen) atoms. The molecule has 2 rings (SSSR count). The van der Waals surface area contributed by atoms with Crippen molar-refractivity contribution in [3.8, 4) is 0 Å². The van der Waals surface area contributed by atoms with Gasteiger partial charge in [0.05, 0.1) is 26.7 Å². The van der Waals surface area contributed by atoms with Gasteiger partial charge in [-0.05, 0) is 13.8 Å². The molecule has 2 aromatic rings. The van der Waals surface area contributed by atoms with E-state index < -0.39 is 6.10 Å². The van der Waals surface area contributed by atoms with Crippen molar-refractivity contribution in [3.05, 3.63) is 32.2 Å². The van der Waals surface area contributed by atoms with E-state index in [-0.39, 0.29) is 0 Å². The van der Waals surface area contributed by atoms with E-state index in [0.717, 1.165) is 20.6 Å². The summed E-state index contributed by atoms with van der Waals surface area (Å²) in [7, 11) is 0. The third-order valence-electron chi connectivity index (χ3n) is 2.09. The fraction of sp³-hybridized carbons (Fsp3) is 0.400. The lowest BCUT2D eigenvalue weighted by Gasteiger charge is -2.06. The number of aliphatic hydroxyl groups is 1. The molecule has 0 bridgehead atoms. The summed E-state index contributed by atoms with van der Waals surface area (Å²) >= 11 is 3.13. The molecular weight excluding hydrogens is 228 g/mol. The molecule has 2 aromatic heterocycles. The van der Waals surface area contributed by atoms with Crippen LogP contribution in [0.15, 0.2) is 11.6 Å². The summed E-state index contributed by atoms with van der Waals surface area (Å²) in [4.78, 5) is 9.42. The molecule has 1 atom stereocenters. The Morgan fingerprint density at radius 1 is 1.47 bits per heavy atom. The summed E-state index contributed by atoms with van der Waals surface area (Å²) in [5, 5.41) is 13.9. The number of rotatable bonds is 3. The fourth-order valence-electron chi connectivity index (χ4n) is 1.47. The van der Waals surface area contributed by atoms with Crippen LogP contribution in [0.5, 0.6) is 0 Å². The van der Waals surface area contributed by atoms with Crippen molar-refractivity contribution in [1.82, 2.24) is 9.97 Å². The van der Waals surface area contributed by atoms with Crippen LogP contribution in [0.1, 0.15) is 26.7 Å². The van der Waals surface area contributed by atoms with Gasteiger partial charge in [0.2, 0.25) is 0 Å². The standard InChI is InChI=1S/C10H12N2OS2/c1-6-10(15-7(2)12-6)8(13)5-9-11-3-4-14-9/h3-4,8,13H,5H2,1-2H3. The minimum Gasteiger partial charge on any atom is -0.387 e. The lowest BCUT2D eigenvalue weighted by atomic mass is 10.2. The Labute approximate surface area is 96.5 Å². The number of nitrogens with zero attached hydrogens (tertiary/aromatic N) is 2. The molecule has 0 amide bonds. The van der Waals surface area contributed by atoms with E-state index in [4.69, 9.17) is 0 Å². The molecule has 0 aliphatic rings. The van der Waals surface area contributed by atoms with Crippen molar-refractivity contribution in [2.75, 3.05) is 0 Å². The highest BCUT2D eigenvalue weighted by Crippen LogP contribution is 2.27. The maximum atomic E-state index is 10.0. The molecule has 1 N–H and O–H groups in total. The Bertz CT molecular complexity index is 436. The van der Waals surface area contributed by atoms with Gasteiger partial charge in [-0.1, -0.05) is 0 Å². The maximum Gasteiger partial charge on any atom is 0.0964 e. The van der Waals surface area contributed by atoms with Gasteiger partial charge in [-0.25, -0.2) is 9.97 Å². The van der Waals surface area contributed by atoms with E-state index in [0.29, 0.717) is 6.42 Å². The average molecular weight is 240 g/mol. The predicted octanol–water partition coefficient (Wildman–Crippen LogP) is 2.49. The Kier molecular flexibility index (Phi) is 3.14. The summed E-state index contributed by atoms with van der Waals surface area (Å²) in [6.45, 7) is 3.89. The highest BCUT2D eigenvalue weighted by atomic mass is 32.1. The molecule has 1 unspecified atom stereocenters. The van der Waals surface area contributed by atoms with Crippen molar-refractivity contribution >= 4 is 22.7 Å². The van der Waals surface area contributed by atoms with Crippen LogP contribution in [-0.4, -0.2) is 15.1 Å². The molecule has 0 saturated heterocycles. The lowest BCUT2D eigenvalue weighted by molar-refractivity contribution is 0.181. The van der Waals surface area contributed by atoms with Gasteiger partial charge in [0.25, 0.3) is 0 Å². The second-order valence-corrected chi connectivity index (χ2v) is 5.54. The van der Waals surface area contributed by atoms with Crippen molar-refractivity contribution in [2.45, 2.75) is 26.4 Å². The topological polar surface area (TPSA) is 46.0 Å². The van der Waals surface area contributed by atoms with E-state index in [2.05, 4.69) is 9.97 Å². The van der Waals surface area contributed by atoms with Gasteiger partial charge in [-0.3, -0.25) is 0 Å². The monoisotopic (exact) mass is 240 g/mol. The van der Waals surface area contributed by atoms with Gasteiger partial charge >= 0.3 is 0 Å². The first-order valence-corrected chi connectivity index (χ1v) is 6.37. The lowest BCUT2D eigenvalue weighted by Crippen LogP contribution is -2.00. The zero-order chi connectivity index (χ0) is 10.8. The normalized spacial score (nSPS) is 13.0. The molecule has 5 heteroatoms. The zero-order valence-electron chi connectivity index (χ0n) is 8.60. The Balaban J connectivity index is 2.14. The van der Waals surface area contributed by atoms with Crippen LogP contribution >= 0.6 is 22.7 Å². The van der Waals surface area contributed by atoms with Crippen molar-refractivity contribution < 1.29 is 5.11 Å². The third-order valence-corrected chi connectivity index (χ3v) is 4.07. The van der Waals surface area contributed by atoms with Crippen molar-refractivity contribution in [1.29, 1.82) is 0 Å². The fourth-order valence-corrected chi connectivity index (χ4v) is 3.04. The summed E-state index contributed by atoms with van der Waals surface area (Å²) in [5.41, 5.74) is 0.932. The number of hydrogen-bond donors (Lipinski definition) is 1. The summed E-state index contributed by atoms with van der Waals surface area (Å²) in [6, 6.07) is 0. The molecule has 2 heterocycles. The molecule has 0 saturated carbocycles. The quantitative estimate of drug-likeness (QED) is 0.896. The van der Waals surface area contributed by atoms with Crippen LogP contribution in [0.3, 0.4) is 0 Å². The van der Waals surface area contributed by atoms with Crippen molar-refractivity contribution in [3.63, 3.8) is 0 Å². The van der Waals surface area contributed by atoms with Gasteiger partial charge in [0, 0.05) is 18.0 Å². The first-order valence-electron chi connectivity index (χ1n) is 4.67. The van der Waals surface area contributed by atoms with E-state index in [9.17, 15) is 5.11 Å². The van der Waals surface area contributed by atoms with Gasteiger partial charge in [-0.15, -0.1) is 22.7 Å². The van der Waals surface area contributed by atoms with E-state index in [1.165, 1.54) is 0 Å². The van der Waals surface area contributed by atoms with Crippen LogP contribution in [0.2, 0.25) is 0 Å². The Hall–Kier alpha value is -0.780. The molecule has 80 valence electrons. The van der Waals surface area contributed by atoms with Crippen LogP contribution < -0.4 is 0 Å². The second kappa shape index (κ2) is 4.38. The predicted molar refractivity (Wildman–Crippen MR) is 62.4 cm³/mol. The van der Waals surface area contributed by atoms with Gasteiger partial charge in [0.1, 0.15) is 0 Å². The third kappa shape index (κ3) is 2.42. The number of aryl methyl sites for hydroxylation is 2. The molecule has 0 aliphatic carbocycles. The summed E-state index contributed by atoms with van der Waals surface area (Å²) < 4.78 is 0. The molecular formula is C10H12N2OS2.